The summed E-state index contributed by atoms with van der Waals surface area (Å²) in [6.45, 7) is -1.44. The number of hydrogen-bond acceptors (Lipinski definition) is 4. The Morgan fingerprint density at radius 3 is 2.62 bits per heavy atom. The SMILES string of the molecule is O=C(CCc1ncc(-c2ccccc2Cl)o1)Nc1ccccc1OCC(F)(F)F. The standard InChI is InChI=1S/C20H16ClF3N2O3/c21-14-6-2-1-5-13(14)17-11-25-19(29-17)10-9-18(27)26-15-7-3-4-8-16(15)28-12-20(22,23)24/h1-8,11H,9-10,12H2,(H,26,27). The third kappa shape index (κ3) is 5.99. The zero-order chi connectivity index (χ0) is 20.9. The smallest absolute Gasteiger partial charge is 0.422 e. The number of anilines is 1. The molecule has 0 unspecified atom stereocenters. The molecule has 1 amide bonds. The molecule has 0 aliphatic heterocycles. The van der Waals surface area contributed by atoms with Gasteiger partial charge < -0.3 is 14.5 Å². The lowest BCUT2D eigenvalue weighted by molar-refractivity contribution is -0.153. The first-order valence-electron chi connectivity index (χ1n) is 8.60. The Bertz CT molecular complexity index is 989. The van der Waals surface area contributed by atoms with E-state index in [1.54, 1.807) is 24.3 Å². The second kappa shape index (κ2) is 9.00. The minimum atomic E-state index is -4.47. The van der Waals surface area contributed by atoms with Crippen molar-refractivity contribution in [2.45, 2.75) is 19.0 Å². The summed E-state index contributed by atoms with van der Waals surface area (Å²) in [5.74, 6) is 0.356. The van der Waals surface area contributed by atoms with Gasteiger partial charge in [-0.3, -0.25) is 4.79 Å². The number of benzene rings is 2. The number of hydrogen-bond donors (Lipinski definition) is 1. The van der Waals surface area contributed by atoms with Crippen LogP contribution in [0.2, 0.25) is 5.02 Å². The van der Waals surface area contributed by atoms with E-state index in [4.69, 9.17) is 20.8 Å². The Morgan fingerprint density at radius 1 is 1.14 bits per heavy atom. The Morgan fingerprint density at radius 2 is 1.86 bits per heavy atom. The summed E-state index contributed by atoms with van der Waals surface area (Å²) in [7, 11) is 0. The molecule has 0 aliphatic rings. The molecule has 5 nitrogen and oxygen atoms in total. The van der Waals surface area contributed by atoms with Crippen LogP contribution < -0.4 is 10.1 Å². The summed E-state index contributed by atoms with van der Waals surface area (Å²) in [6, 6.07) is 13.0. The van der Waals surface area contributed by atoms with Gasteiger partial charge in [0.2, 0.25) is 5.91 Å². The van der Waals surface area contributed by atoms with Crippen LogP contribution in [-0.2, 0) is 11.2 Å². The summed E-state index contributed by atoms with van der Waals surface area (Å²) < 4.78 is 47.4. The summed E-state index contributed by atoms with van der Waals surface area (Å²) in [4.78, 5) is 16.3. The molecule has 0 fully saturated rings. The molecule has 0 radical (unpaired) electrons. The molecule has 0 aliphatic carbocycles. The van der Waals surface area contributed by atoms with E-state index in [0.29, 0.717) is 22.2 Å². The molecule has 0 spiro atoms. The number of nitrogens with zero attached hydrogens (tertiary/aromatic N) is 1. The van der Waals surface area contributed by atoms with E-state index in [2.05, 4.69) is 10.3 Å². The topological polar surface area (TPSA) is 64.4 Å². The number of oxazole rings is 1. The lowest BCUT2D eigenvalue weighted by Crippen LogP contribution is -2.20. The van der Waals surface area contributed by atoms with E-state index >= 15 is 0 Å². The van der Waals surface area contributed by atoms with Gasteiger partial charge in [0, 0.05) is 18.4 Å². The van der Waals surface area contributed by atoms with E-state index in [0.717, 1.165) is 0 Å². The van der Waals surface area contributed by atoms with Crippen molar-refractivity contribution in [3.63, 3.8) is 0 Å². The number of amides is 1. The number of aryl methyl sites for hydroxylation is 1. The number of alkyl halides is 3. The molecule has 2 aromatic carbocycles. The molecule has 3 rings (SSSR count). The number of carbonyl (C=O) groups is 1. The largest absolute Gasteiger partial charge is 0.482 e. The van der Waals surface area contributed by atoms with E-state index < -0.39 is 18.7 Å². The zero-order valence-electron chi connectivity index (χ0n) is 15.0. The predicted octanol–water partition coefficient (Wildman–Crippen LogP) is 5.51. The summed E-state index contributed by atoms with van der Waals surface area (Å²) in [5, 5.41) is 3.06. The van der Waals surface area contributed by atoms with E-state index in [9.17, 15) is 18.0 Å². The molecule has 1 aromatic heterocycles. The van der Waals surface area contributed by atoms with Gasteiger partial charge >= 0.3 is 6.18 Å². The molecule has 1 N–H and O–H groups in total. The summed E-state index contributed by atoms with van der Waals surface area (Å²) in [6.07, 6.45) is -2.71. The number of nitrogens with one attached hydrogen (secondary N) is 1. The first-order chi connectivity index (χ1) is 13.8. The monoisotopic (exact) mass is 424 g/mol. The normalized spacial score (nSPS) is 11.3. The Hall–Kier alpha value is -3.00. The lowest BCUT2D eigenvalue weighted by atomic mass is 10.2. The van der Waals surface area contributed by atoms with Crippen molar-refractivity contribution in [2.24, 2.45) is 0 Å². The highest BCUT2D eigenvalue weighted by atomic mass is 35.5. The quantitative estimate of drug-likeness (QED) is 0.543. The van der Waals surface area contributed by atoms with Gasteiger partial charge in [-0.15, -0.1) is 0 Å². The number of ether oxygens (including phenoxy) is 1. The third-order valence-electron chi connectivity index (χ3n) is 3.81. The van der Waals surface area contributed by atoms with E-state index in [1.807, 2.05) is 6.07 Å². The van der Waals surface area contributed by atoms with Gasteiger partial charge in [0.15, 0.2) is 18.3 Å². The first kappa shape index (κ1) is 20.7. The second-order valence-corrected chi connectivity index (χ2v) is 6.45. The number of halogens is 4. The van der Waals surface area contributed by atoms with Crippen molar-refractivity contribution >= 4 is 23.2 Å². The molecular weight excluding hydrogens is 409 g/mol. The maximum Gasteiger partial charge on any atom is 0.422 e. The van der Waals surface area contributed by atoms with Crippen LogP contribution >= 0.6 is 11.6 Å². The van der Waals surface area contributed by atoms with Crippen molar-refractivity contribution in [2.75, 3.05) is 11.9 Å². The molecule has 1 heterocycles. The van der Waals surface area contributed by atoms with Crippen molar-refractivity contribution < 1.29 is 27.1 Å². The fourth-order valence-corrected chi connectivity index (χ4v) is 2.73. The minimum absolute atomic E-state index is 0.0239. The molecule has 0 saturated heterocycles. The number of rotatable bonds is 7. The average Bonchev–Trinajstić information content (AvgIpc) is 3.14. The Labute approximate surface area is 169 Å². The maximum atomic E-state index is 12.4. The van der Waals surface area contributed by atoms with Crippen LogP contribution in [0.1, 0.15) is 12.3 Å². The first-order valence-corrected chi connectivity index (χ1v) is 8.97. The predicted molar refractivity (Wildman–Crippen MR) is 102 cm³/mol. The Kier molecular flexibility index (Phi) is 6.43. The average molecular weight is 425 g/mol. The molecule has 0 bridgehead atoms. The van der Waals surface area contributed by atoms with Gasteiger partial charge in [0.05, 0.1) is 16.9 Å². The summed E-state index contributed by atoms with van der Waals surface area (Å²) in [5.41, 5.74) is 0.846. The van der Waals surface area contributed by atoms with Gasteiger partial charge in [-0.25, -0.2) is 4.98 Å². The maximum absolute atomic E-state index is 12.4. The number of aromatic nitrogens is 1. The van der Waals surface area contributed by atoms with Gasteiger partial charge in [0.25, 0.3) is 0 Å². The van der Waals surface area contributed by atoms with Crippen LogP contribution in [0.4, 0.5) is 18.9 Å². The van der Waals surface area contributed by atoms with Gasteiger partial charge in [-0.1, -0.05) is 35.9 Å². The highest BCUT2D eigenvalue weighted by Crippen LogP contribution is 2.29. The molecule has 0 saturated carbocycles. The molecule has 152 valence electrons. The molecule has 9 heteroatoms. The van der Waals surface area contributed by atoms with Crippen molar-refractivity contribution in [1.82, 2.24) is 4.98 Å². The fraction of sp³-hybridized carbons (Fsp3) is 0.200. The van der Waals surface area contributed by atoms with Crippen LogP contribution in [-0.4, -0.2) is 23.7 Å². The highest BCUT2D eigenvalue weighted by Gasteiger charge is 2.28. The van der Waals surface area contributed by atoms with Gasteiger partial charge in [0.1, 0.15) is 5.75 Å². The number of carbonyl (C=O) groups excluding carboxylic acids is 1. The van der Waals surface area contributed by atoms with Crippen LogP contribution in [0.5, 0.6) is 5.75 Å². The third-order valence-corrected chi connectivity index (χ3v) is 4.14. The van der Waals surface area contributed by atoms with Crippen LogP contribution in [0.3, 0.4) is 0 Å². The molecule has 29 heavy (non-hydrogen) atoms. The van der Waals surface area contributed by atoms with Crippen molar-refractivity contribution in [3.05, 3.63) is 65.6 Å². The van der Waals surface area contributed by atoms with Crippen LogP contribution in [0, 0.1) is 0 Å². The molecule has 0 atom stereocenters. The summed E-state index contributed by atoms with van der Waals surface area (Å²) >= 11 is 6.12. The molecule has 3 aromatic rings. The highest BCUT2D eigenvalue weighted by molar-refractivity contribution is 6.33. The minimum Gasteiger partial charge on any atom is -0.482 e. The van der Waals surface area contributed by atoms with Gasteiger partial charge in [-0.05, 0) is 24.3 Å². The number of para-hydroxylation sites is 2. The second-order valence-electron chi connectivity index (χ2n) is 6.05. The van der Waals surface area contributed by atoms with E-state index in [-0.39, 0.29) is 24.3 Å². The fourth-order valence-electron chi connectivity index (χ4n) is 2.50. The Balaban J connectivity index is 1.58. The van der Waals surface area contributed by atoms with Gasteiger partial charge in [-0.2, -0.15) is 13.2 Å². The van der Waals surface area contributed by atoms with Crippen LogP contribution in [0.15, 0.2) is 59.1 Å². The molecular formula is C20H16ClF3N2O3. The lowest BCUT2D eigenvalue weighted by Gasteiger charge is -2.13. The van der Waals surface area contributed by atoms with Crippen LogP contribution in [0.25, 0.3) is 11.3 Å². The van der Waals surface area contributed by atoms with Crippen molar-refractivity contribution in [3.8, 4) is 17.1 Å². The zero-order valence-corrected chi connectivity index (χ0v) is 15.8. The van der Waals surface area contributed by atoms with E-state index in [1.165, 1.54) is 24.4 Å². The van der Waals surface area contributed by atoms with Crippen molar-refractivity contribution in [1.29, 1.82) is 0 Å².